The number of benzene rings is 3. The Morgan fingerprint density at radius 3 is 1.79 bits per heavy atom. The third kappa shape index (κ3) is 3.33. The normalized spacial score (nSPS) is 11.8. The molecule has 2 nitrogen and oxygen atoms in total. The number of rotatable bonds is 4. The van der Waals surface area contributed by atoms with Gasteiger partial charge in [-0.3, -0.25) is 0 Å². The molecule has 1 N–H and O–H groups in total. The lowest BCUT2D eigenvalue weighted by Gasteiger charge is -2.15. The molecule has 0 saturated heterocycles. The summed E-state index contributed by atoms with van der Waals surface area (Å²) in [5.41, 5.74) is 5.69. The Morgan fingerprint density at radius 1 is 0.708 bits per heavy atom. The second-order valence-electron chi connectivity index (χ2n) is 5.64. The van der Waals surface area contributed by atoms with Crippen molar-refractivity contribution in [3.8, 4) is 11.5 Å². The fourth-order valence-corrected chi connectivity index (χ4v) is 2.82. The number of phenolic OH excluding ortho intramolecular Hbond substituents is 1. The van der Waals surface area contributed by atoms with Crippen LogP contribution in [-0.2, 0) is 0 Å². The van der Waals surface area contributed by atoms with E-state index in [2.05, 4.69) is 31.2 Å². The monoisotopic (exact) mass is 316 g/mol. The van der Waals surface area contributed by atoms with Crippen LogP contribution in [0.2, 0.25) is 0 Å². The van der Waals surface area contributed by atoms with Gasteiger partial charge in [0.15, 0.2) is 0 Å². The predicted octanol–water partition coefficient (Wildman–Crippen LogP) is 5.38. The van der Waals surface area contributed by atoms with Gasteiger partial charge in [-0.25, -0.2) is 0 Å². The first-order valence-electron chi connectivity index (χ1n) is 7.89. The van der Waals surface area contributed by atoms with Crippen molar-refractivity contribution in [3.63, 3.8) is 0 Å². The lowest BCUT2D eigenvalue weighted by atomic mass is 9.90. The summed E-state index contributed by atoms with van der Waals surface area (Å²) >= 11 is 0. The molecule has 0 radical (unpaired) electrons. The van der Waals surface area contributed by atoms with E-state index in [0.29, 0.717) is 0 Å². The summed E-state index contributed by atoms with van der Waals surface area (Å²) in [6, 6.07) is 25.7. The first-order chi connectivity index (χ1) is 11.7. The standard InChI is InChI=1S/C22H20O2/c1-16(17-6-4-3-5-7-17)22(18-8-12-20(23)13-9-18)19-10-14-21(24-2)15-11-19/h3-15,23H,1-2H3. The van der Waals surface area contributed by atoms with Crippen molar-refractivity contribution >= 4 is 11.1 Å². The summed E-state index contributed by atoms with van der Waals surface area (Å²) in [5, 5.41) is 9.60. The van der Waals surface area contributed by atoms with Crippen molar-refractivity contribution in [1.82, 2.24) is 0 Å². The minimum Gasteiger partial charge on any atom is -0.508 e. The molecule has 0 heterocycles. The Morgan fingerprint density at radius 2 is 1.25 bits per heavy atom. The zero-order valence-corrected chi connectivity index (χ0v) is 13.9. The van der Waals surface area contributed by atoms with Gasteiger partial charge < -0.3 is 9.84 Å². The smallest absolute Gasteiger partial charge is 0.118 e. The average molecular weight is 316 g/mol. The van der Waals surface area contributed by atoms with Crippen LogP contribution in [0.4, 0.5) is 0 Å². The quantitative estimate of drug-likeness (QED) is 0.655. The molecule has 0 aliphatic carbocycles. The van der Waals surface area contributed by atoms with Crippen LogP contribution in [0.25, 0.3) is 11.1 Å². The van der Waals surface area contributed by atoms with Crippen LogP contribution in [-0.4, -0.2) is 12.2 Å². The Hall–Kier alpha value is -3.00. The lowest BCUT2D eigenvalue weighted by Crippen LogP contribution is -1.93. The summed E-state index contributed by atoms with van der Waals surface area (Å²) in [6.07, 6.45) is 0. The van der Waals surface area contributed by atoms with Gasteiger partial charge in [0.2, 0.25) is 0 Å². The first-order valence-corrected chi connectivity index (χ1v) is 7.89. The van der Waals surface area contributed by atoms with E-state index in [1.807, 2.05) is 42.5 Å². The van der Waals surface area contributed by atoms with Crippen LogP contribution in [0.1, 0.15) is 23.6 Å². The number of hydrogen-bond donors (Lipinski definition) is 1. The van der Waals surface area contributed by atoms with Crippen LogP contribution < -0.4 is 4.74 Å². The van der Waals surface area contributed by atoms with E-state index in [4.69, 9.17) is 4.74 Å². The van der Waals surface area contributed by atoms with Gasteiger partial charge >= 0.3 is 0 Å². The molecule has 0 amide bonds. The number of ether oxygens (including phenoxy) is 1. The maximum atomic E-state index is 9.60. The second kappa shape index (κ2) is 7.05. The molecule has 120 valence electrons. The molecular weight excluding hydrogens is 296 g/mol. The fraction of sp³-hybridized carbons (Fsp3) is 0.0909. The zero-order chi connectivity index (χ0) is 16.9. The molecule has 0 unspecified atom stereocenters. The van der Waals surface area contributed by atoms with Crippen LogP contribution in [0, 0.1) is 0 Å². The highest BCUT2D eigenvalue weighted by molar-refractivity contribution is 5.97. The molecule has 0 bridgehead atoms. The van der Waals surface area contributed by atoms with Crippen LogP contribution in [0.3, 0.4) is 0 Å². The first kappa shape index (κ1) is 15.9. The molecular formula is C22H20O2. The van der Waals surface area contributed by atoms with Gasteiger partial charge in [-0.2, -0.15) is 0 Å². The van der Waals surface area contributed by atoms with E-state index in [9.17, 15) is 5.11 Å². The van der Waals surface area contributed by atoms with E-state index in [-0.39, 0.29) is 5.75 Å². The molecule has 3 aromatic carbocycles. The van der Waals surface area contributed by atoms with Crippen LogP contribution in [0.15, 0.2) is 78.9 Å². The molecule has 3 aromatic rings. The van der Waals surface area contributed by atoms with E-state index in [0.717, 1.165) is 22.4 Å². The SMILES string of the molecule is COc1ccc(C(=C(C)c2ccccc2)c2ccc(O)cc2)cc1. The topological polar surface area (TPSA) is 29.5 Å². The summed E-state index contributed by atoms with van der Waals surface area (Å²) in [4.78, 5) is 0. The molecule has 0 aliphatic rings. The van der Waals surface area contributed by atoms with Gasteiger partial charge in [-0.15, -0.1) is 0 Å². The minimum atomic E-state index is 0.269. The lowest BCUT2D eigenvalue weighted by molar-refractivity contribution is 0.415. The largest absolute Gasteiger partial charge is 0.508 e. The molecule has 0 spiro atoms. The molecule has 0 fully saturated rings. The zero-order valence-electron chi connectivity index (χ0n) is 13.9. The number of phenols is 1. The highest BCUT2D eigenvalue weighted by Gasteiger charge is 2.11. The van der Waals surface area contributed by atoms with E-state index in [1.54, 1.807) is 19.2 Å². The average Bonchev–Trinajstić information content (AvgIpc) is 2.64. The predicted molar refractivity (Wildman–Crippen MR) is 99.1 cm³/mol. The highest BCUT2D eigenvalue weighted by atomic mass is 16.5. The highest BCUT2D eigenvalue weighted by Crippen LogP contribution is 2.33. The van der Waals surface area contributed by atoms with E-state index >= 15 is 0 Å². The maximum absolute atomic E-state index is 9.60. The summed E-state index contributed by atoms with van der Waals surface area (Å²) in [7, 11) is 1.67. The van der Waals surface area contributed by atoms with Gasteiger partial charge in [-0.05, 0) is 59.0 Å². The van der Waals surface area contributed by atoms with Crippen molar-refractivity contribution in [2.24, 2.45) is 0 Å². The Kier molecular flexibility index (Phi) is 4.66. The van der Waals surface area contributed by atoms with Gasteiger partial charge in [0, 0.05) is 0 Å². The summed E-state index contributed by atoms with van der Waals surface area (Å²) in [5.74, 6) is 1.10. The molecule has 2 heteroatoms. The Bertz CT molecular complexity index is 829. The van der Waals surface area contributed by atoms with Gasteiger partial charge in [0.05, 0.1) is 7.11 Å². The minimum absolute atomic E-state index is 0.269. The molecule has 0 aliphatic heterocycles. The molecule has 24 heavy (non-hydrogen) atoms. The third-order valence-electron chi connectivity index (χ3n) is 4.12. The van der Waals surface area contributed by atoms with Gasteiger partial charge in [0.1, 0.15) is 11.5 Å². The van der Waals surface area contributed by atoms with E-state index in [1.165, 1.54) is 11.1 Å². The van der Waals surface area contributed by atoms with Crippen molar-refractivity contribution < 1.29 is 9.84 Å². The number of methoxy groups -OCH3 is 1. The Labute approximate surface area is 142 Å². The van der Waals surface area contributed by atoms with Gasteiger partial charge in [0.25, 0.3) is 0 Å². The molecule has 0 atom stereocenters. The van der Waals surface area contributed by atoms with Crippen molar-refractivity contribution in [3.05, 3.63) is 95.6 Å². The molecule has 3 rings (SSSR count). The van der Waals surface area contributed by atoms with Crippen molar-refractivity contribution in [1.29, 1.82) is 0 Å². The van der Waals surface area contributed by atoms with Gasteiger partial charge in [-0.1, -0.05) is 54.6 Å². The second-order valence-corrected chi connectivity index (χ2v) is 5.64. The van der Waals surface area contributed by atoms with Crippen LogP contribution >= 0.6 is 0 Å². The molecule has 0 saturated carbocycles. The summed E-state index contributed by atoms with van der Waals surface area (Å²) < 4.78 is 5.27. The number of hydrogen-bond acceptors (Lipinski definition) is 2. The maximum Gasteiger partial charge on any atom is 0.118 e. The number of aromatic hydroxyl groups is 1. The summed E-state index contributed by atoms with van der Waals surface area (Å²) in [6.45, 7) is 2.13. The van der Waals surface area contributed by atoms with E-state index < -0.39 is 0 Å². The number of allylic oxidation sites excluding steroid dienone is 1. The molecule has 0 aromatic heterocycles. The third-order valence-corrected chi connectivity index (χ3v) is 4.12. The van der Waals surface area contributed by atoms with Crippen LogP contribution in [0.5, 0.6) is 11.5 Å². The Balaban J connectivity index is 2.18. The van der Waals surface area contributed by atoms with Crippen molar-refractivity contribution in [2.75, 3.05) is 7.11 Å². The van der Waals surface area contributed by atoms with Crippen molar-refractivity contribution in [2.45, 2.75) is 6.92 Å². The fourth-order valence-electron chi connectivity index (χ4n) is 2.82.